The van der Waals surface area contributed by atoms with E-state index in [4.69, 9.17) is 16.3 Å². The Morgan fingerprint density at radius 3 is 2.48 bits per heavy atom. The smallest absolute Gasteiger partial charge is 0.119 e. The van der Waals surface area contributed by atoms with E-state index in [9.17, 15) is 0 Å². The van der Waals surface area contributed by atoms with Gasteiger partial charge >= 0.3 is 0 Å². The van der Waals surface area contributed by atoms with Crippen molar-refractivity contribution in [3.05, 3.63) is 65.2 Å². The fourth-order valence-electron chi connectivity index (χ4n) is 3.68. The first kappa shape index (κ1) is 20.2. The van der Waals surface area contributed by atoms with E-state index in [-0.39, 0.29) is 0 Å². The number of likely N-dealkylation sites (tertiary alicyclic amines) is 1. The van der Waals surface area contributed by atoms with Crippen LogP contribution in [0.2, 0.25) is 5.02 Å². The van der Waals surface area contributed by atoms with E-state index in [1.54, 1.807) is 0 Å². The number of para-hydroxylation sites is 1. The predicted molar refractivity (Wildman–Crippen MR) is 114 cm³/mol. The number of nitrogens with zero attached hydrogens (tertiary/aromatic N) is 1. The number of hydrogen-bond acceptors (Lipinski definition) is 3. The molecule has 0 spiro atoms. The summed E-state index contributed by atoms with van der Waals surface area (Å²) in [6.45, 7) is 7.47. The maximum absolute atomic E-state index is 5.96. The van der Waals surface area contributed by atoms with Crippen LogP contribution in [0.25, 0.3) is 0 Å². The maximum Gasteiger partial charge on any atom is 0.119 e. The Morgan fingerprint density at radius 1 is 1.07 bits per heavy atom. The van der Waals surface area contributed by atoms with Gasteiger partial charge in [-0.25, -0.2) is 0 Å². The van der Waals surface area contributed by atoms with E-state index in [2.05, 4.69) is 29.3 Å². The molecule has 0 aromatic heterocycles. The highest BCUT2D eigenvalue weighted by Crippen LogP contribution is 2.21. The standard InChI is InChI=1S/C23H31ClN2O/c1-19(21-7-9-22(24)10-8-21)25-14-11-20-12-15-26(16-13-20)17-18-27-23-5-3-2-4-6-23/h2-10,19-20,25H,11-18H2,1H3. The molecule has 0 radical (unpaired) electrons. The molecule has 2 aromatic rings. The molecule has 1 aliphatic heterocycles. The first-order valence-electron chi connectivity index (χ1n) is 10.1. The van der Waals surface area contributed by atoms with Crippen molar-refractivity contribution in [3.8, 4) is 5.75 Å². The molecule has 0 aliphatic carbocycles. The largest absolute Gasteiger partial charge is 0.492 e. The van der Waals surface area contributed by atoms with Crippen LogP contribution >= 0.6 is 11.6 Å². The first-order chi connectivity index (χ1) is 13.2. The summed E-state index contributed by atoms with van der Waals surface area (Å²) in [4.78, 5) is 2.53. The zero-order chi connectivity index (χ0) is 18.9. The number of hydrogen-bond donors (Lipinski definition) is 1. The lowest BCUT2D eigenvalue weighted by atomic mass is 9.93. The van der Waals surface area contributed by atoms with Gasteiger partial charge in [0.25, 0.3) is 0 Å². The van der Waals surface area contributed by atoms with Crippen molar-refractivity contribution >= 4 is 11.6 Å². The molecule has 1 aliphatic rings. The minimum Gasteiger partial charge on any atom is -0.492 e. The average Bonchev–Trinajstić information content (AvgIpc) is 2.70. The number of nitrogens with one attached hydrogen (secondary N) is 1. The van der Waals surface area contributed by atoms with Crippen LogP contribution in [-0.2, 0) is 0 Å². The molecule has 3 nitrogen and oxygen atoms in total. The van der Waals surface area contributed by atoms with Crippen LogP contribution < -0.4 is 10.1 Å². The third-order valence-corrected chi connectivity index (χ3v) is 5.75. The van der Waals surface area contributed by atoms with Crippen LogP contribution in [0.5, 0.6) is 5.75 Å². The second-order valence-electron chi connectivity index (χ2n) is 7.46. The van der Waals surface area contributed by atoms with Crippen molar-refractivity contribution in [1.29, 1.82) is 0 Å². The molecule has 4 heteroatoms. The van der Waals surface area contributed by atoms with Crippen molar-refractivity contribution in [2.75, 3.05) is 32.8 Å². The molecule has 3 rings (SSSR count). The van der Waals surface area contributed by atoms with Gasteiger partial charge in [-0.2, -0.15) is 0 Å². The number of halogens is 1. The molecule has 1 heterocycles. The van der Waals surface area contributed by atoms with Crippen LogP contribution in [0.1, 0.15) is 37.8 Å². The maximum atomic E-state index is 5.96. The van der Waals surface area contributed by atoms with Crippen LogP contribution in [-0.4, -0.2) is 37.7 Å². The number of benzene rings is 2. The van der Waals surface area contributed by atoms with E-state index in [0.29, 0.717) is 6.04 Å². The highest BCUT2D eigenvalue weighted by atomic mass is 35.5. The molecular formula is C23H31ClN2O. The first-order valence-corrected chi connectivity index (χ1v) is 10.5. The third-order valence-electron chi connectivity index (χ3n) is 5.50. The highest BCUT2D eigenvalue weighted by Gasteiger charge is 2.19. The quantitative estimate of drug-likeness (QED) is 0.643. The summed E-state index contributed by atoms with van der Waals surface area (Å²) in [7, 11) is 0. The summed E-state index contributed by atoms with van der Waals surface area (Å²) < 4.78 is 5.82. The summed E-state index contributed by atoms with van der Waals surface area (Å²) >= 11 is 5.96. The Morgan fingerprint density at radius 2 is 1.78 bits per heavy atom. The fraction of sp³-hybridized carbons (Fsp3) is 0.478. The zero-order valence-electron chi connectivity index (χ0n) is 16.2. The molecule has 146 valence electrons. The summed E-state index contributed by atoms with van der Waals surface area (Å²) in [5.74, 6) is 1.80. The number of ether oxygens (including phenoxy) is 1. The third kappa shape index (κ3) is 6.84. The van der Waals surface area contributed by atoms with Gasteiger partial charge in [-0.3, -0.25) is 4.90 Å². The molecule has 1 N–H and O–H groups in total. The summed E-state index contributed by atoms with van der Waals surface area (Å²) in [6.07, 6.45) is 3.84. The van der Waals surface area contributed by atoms with Crippen molar-refractivity contribution in [3.63, 3.8) is 0 Å². The van der Waals surface area contributed by atoms with E-state index >= 15 is 0 Å². The van der Waals surface area contributed by atoms with E-state index in [1.807, 2.05) is 42.5 Å². The minimum atomic E-state index is 0.373. The van der Waals surface area contributed by atoms with Gasteiger partial charge in [0, 0.05) is 17.6 Å². The fourth-order valence-corrected chi connectivity index (χ4v) is 3.81. The second-order valence-corrected chi connectivity index (χ2v) is 7.90. The predicted octanol–water partition coefficient (Wildman–Crippen LogP) is 5.17. The number of piperidine rings is 1. The normalized spacial score (nSPS) is 17.0. The van der Waals surface area contributed by atoms with Crippen LogP contribution in [0.4, 0.5) is 0 Å². The monoisotopic (exact) mass is 386 g/mol. The van der Waals surface area contributed by atoms with Crippen LogP contribution in [0.3, 0.4) is 0 Å². The Balaban J connectivity index is 1.27. The Kier molecular flexibility index (Phi) is 8.00. The molecular weight excluding hydrogens is 356 g/mol. The molecule has 1 saturated heterocycles. The van der Waals surface area contributed by atoms with E-state index < -0.39 is 0 Å². The average molecular weight is 387 g/mol. The molecule has 27 heavy (non-hydrogen) atoms. The van der Waals surface area contributed by atoms with Gasteiger partial charge in [0.1, 0.15) is 12.4 Å². The van der Waals surface area contributed by atoms with Gasteiger partial charge in [0.15, 0.2) is 0 Å². The van der Waals surface area contributed by atoms with Crippen LogP contribution in [0.15, 0.2) is 54.6 Å². The molecule has 1 unspecified atom stereocenters. The van der Waals surface area contributed by atoms with Gasteiger partial charge in [-0.05, 0) is 81.6 Å². The molecule has 0 saturated carbocycles. The molecule has 0 bridgehead atoms. The lowest BCUT2D eigenvalue weighted by molar-refractivity contribution is 0.151. The topological polar surface area (TPSA) is 24.5 Å². The Bertz CT molecular complexity index is 654. The van der Waals surface area contributed by atoms with Gasteiger partial charge in [0.2, 0.25) is 0 Å². The van der Waals surface area contributed by atoms with Gasteiger partial charge in [0.05, 0.1) is 0 Å². The van der Waals surface area contributed by atoms with Crippen molar-refractivity contribution in [2.45, 2.75) is 32.2 Å². The minimum absolute atomic E-state index is 0.373. The van der Waals surface area contributed by atoms with Gasteiger partial charge in [-0.1, -0.05) is 41.9 Å². The summed E-state index contributed by atoms with van der Waals surface area (Å²) in [5, 5.41) is 4.45. The van der Waals surface area contributed by atoms with Crippen LogP contribution in [0, 0.1) is 5.92 Å². The molecule has 2 aromatic carbocycles. The second kappa shape index (κ2) is 10.7. The van der Waals surface area contributed by atoms with E-state index in [0.717, 1.165) is 36.4 Å². The zero-order valence-corrected chi connectivity index (χ0v) is 17.0. The number of rotatable bonds is 9. The van der Waals surface area contributed by atoms with Crippen molar-refractivity contribution in [1.82, 2.24) is 10.2 Å². The molecule has 0 amide bonds. The summed E-state index contributed by atoms with van der Waals surface area (Å²) in [5.41, 5.74) is 1.30. The highest BCUT2D eigenvalue weighted by molar-refractivity contribution is 6.30. The lowest BCUT2D eigenvalue weighted by Gasteiger charge is -2.32. The van der Waals surface area contributed by atoms with Crippen molar-refractivity contribution < 1.29 is 4.74 Å². The SMILES string of the molecule is CC(NCCC1CCN(CCOc2ccccc2)CC1)c1ccc(Cl)cc1. The summed E-state index contributed by atoms with van der Waals surface area (Å²) in [6, 6.07) is 18.6. The Labute approximate surface area is 168 Å². The van der Waals surface area contributed by atoms with Crippen molar-refractivity contribution in [2.24, 2.45) is 5.92 Å². The molecule has 1 atom stereocenters. The Hall–Kier alpha value is -1.55. The lowest BCUT2D eigenvalue weighted by Crippen LogP contribution is -2.37. The van der Waals surface area contributed by atoms with Gasteiger partial charge < -0.3 is 10.1 Å². The van der Waals surface area contributed by atoms with E-state index in [1.165, 1.54) is 37.9 Å². The molecule has 1 fully saturated rings. The van der Waals surface area contributed by atoms with Gasteiger partial charge in [-0.15, -0.1) is 0 Å².